The van der Waals surface area contributed by atoms with E-state index in [1.54, 1.807) is 6.07 Å². The number of carboxylic acids is 1. The van der Waals surface area contributed by atoms with E-state index in [9.17, 15) is 18.0 Å². The zero-order chi connectivity index (χ0) is 14.2. The number of aromatic carboxylic acids is 1. The van der Waals surface area contributed by atoms with E-state index in [0.29, 0.717) is 10.6 Å². The first-order valence-corrected chi connectivity index (χ1v) is 5.42. The van der Waals surface area contributed by atoms with E-state index in [4.69, 9.17) is 5.11 Å². The van der Waals surface area contributed by atoms with Crippen LogP contribution in [0.4, 0.5) is 18.9 Å². The molecule has 102 valence electrons. The number of nitrogens with zero attached hydrogens (tertiary/aromatic N) is 2. The number of anilines is 1. The fourth-order valence-electron chi connectivity index (χ4n) is 1.85. The number of carbonyl (C=O) groups is 1. The first-order valence-electron chi connectivity index (χ1n) is 5.42. The Morgan fingerprint density at radius 1 is 1.37 bits per heavy atom. The van der Waals surface area contributed by atoms with Gasteiger partial charge >= 0.3 is 12.3 Å². The lowest BCUT2D eigenvalue weighted by atomic mass is 10.2. The van der Waals surface area contributed by atoms with Gasteiger partial charge in [-0.2, -0.15) is 13.2 Å². The zero-order valence-electron chi connectivity index (χ0n) is 9.98. The Labute approximate surface area is 107 Å². The van der Waals surface area contributed by atoms with E-state index < -0.39 is 12.3 Å². The SMILES string of the molecule is CC1=CN(c2cccc(C(=O)O)c2)CN1C(F)(F)F. The summed E-state index contributed by atoms with van der Waals surface area (Å²) in [6, 6.07) is 5.79. The molecule has 1 aliphatic heterocycles. The average Bonchev–Trinajstić information content (AvgIpc) is 2.71. The summed E-state index contributed by atoms with van der Waals surface area (Å²) in [5, 5.41) is 8.86. The predicted molar refractivity (Wildman–Crippen MR) is 62.4 cm³/mol. The van der Waals surface area contributed by atoms with Crippen molar-refractivity contribution in [1.29, 1.82) is 0 Å². The number of allylic oxidation sites excluding steroid dienone is 1. The molecule has 0 aromatic heterocycles. The molecule has 0 amide bonds. The average molecular weight is 272 g/mol. The second-order valence-corrected chi connectivity index (χ2v) is 4.13. The van der Waals surface area contributed by atoms with Crippen LogP contribution in [0.1, 0.15) is 17.3 Å². The van der Waals surface area contributed by atoms with Gasteiger partial charge < -0.3 is 10.0 Å². The molecule has 1 N–H and O–H groups in total. The van der Waals surface area contributed by atoms with Crippen molar-refractivity contribution in [2.75, 3.05) is 11.6 Å². The van der Waals surface area contributed by atoms with E-state index in [-0.39, 0.29) is 17.9 Å². The van der Waals surface area contributed by atoms with Crippen molar-refractivity contribution in [2.24, 2.45) is 0 Å². The van der Waals surface area contributed by atoms with Crippen molar-refractivity contribution in [3.63, 3.8) is 0 Å². The van der Waals surface area contributed by atoms with Crippen molar-refractivity contribution < 1.29 is 23.1 Å². The van der Waals surface area contributed by atoms with Gasteiger partial charge in [0.05, 0.1) is 5.56 Å². The predicted octanol–water partition coefficient (Wildman–Crippen LogP) is 2.85. The summed E-state index contributed by atoms with van der Waals surface area (Å²) >= 11 is 0. The topological polar surface area (TPSA) is 43.8 Å². The highest BCUT2D eigenvalue weighted by atomic mass is 19.4. The van der Waals surface area contributed by atoms with Crippen LogP contribution in [0.2, 0.25) is 0 Å². The molecule has 1 aliphatic rings. The van der Waals surface area contributed by atoms with Crippen LogP contribution < -0.4 is 4.90 Å². The monoisotopic (exact) mass is 272 g/mol. The lowest BCUT2D eigenvalue weighted by Gasteiger charge is -2.25. The van der Waals surface area contributed by atoms with Crippen LogP contribution in [-0.2, 0) is 0 Å². The number of alkyl halides is 3. The Bertz CT molecular complexity index is 540. The Morgan fingerprint density at radius 3 is 2.58 bits per heavy atom. The summed E-state index contributed by atoms with van der Waals surface area (Å²) < 4.78 is 38.0. The van der Waals surface area contributed by atoms with Crippen LogP contribution in [0, 0.1) is 0 Å². The van der Waals surface area contributed by atoms with Crippen LogP contribution in [0.15, 0.2) is 36.2 Å². The summed E-state index contributed by atoms with van der Waals surface area (Å²) in [5.74, 6) is -1.12. The van der Waals surface area contributed by atoms with Crippen molar-refractivity contribution in [1.82, 2.24) is 4.90 Å². The highest BCUT2D eigenvalue weighted by molar-refractivity contribution is 5.88. The summed E-state index contributed by atoms with van der Waals surface area (Å²) in [6.07, 6.45) is -3.10. The lowest BCUT2D eigenvalue weighted by Crippen LogP contribution is -2.38. The minimum absolute atomic E-state index is 0.0361. The van der Waals surface area contributed by atoms with Gasteiger partial charge in [-0.15, -0.1) is 0 Å². The molecule has 2 rings (SSSR count). The van der Waals surface area contributed by atoms with Gasteiger partial charge in [-0.05, 0) is 25.1 Å². The second kappa shape index (κ2) is 4.49. The molecule has 0 fully saturated rings. The number of carboxylic acid groups (broad SMARTS) is 1. The van der Waals surface area contributed by atoms with E-state index in [1.165, 1.54) is 36.2 Å². The first kappa shape index (κ1) is 13.3. The van der Waals surface area contributed by atoms with Crippen LogP contribution in [-0.4, -0.2) is 28.9 Å². The van der Waals surface area contributed by atoms with E-state index in [1.807, 2.05) is 0 Å². The third-order valence-electron chi connectivity index (χ3n) is 2.79. The molecule has 0 atom stereocenters. The first-order chi connectivity index (χ1) is 8.79. The molecule has 0 saturated heterocycles. The zero-order valence-corrected chi connectivity index (χ0v) is 9.98. The smallest absolute Gasteiger partial charge is 0.478 e. The van der Waals surface area contributed by atoms with Gasteiger partial charge in [-0.25, -0.2) is 4.79 Å². The maximum absolute atomic E-state index is 12.7. The van der Waals surface area contributed by atoms with Crippen LogP contribution in [0.3, 0.4) is 0 Å². The summed E-state index contributed by atoms with van der Waals surface area (Å²) in [4.78, 5) is 12.5. The summed E-state index contributed by atoms with van der Waals surface area (Å²) in [5.41, 5.74) is 0.508. The number of benzene rings is 1. The Morgan fingerprint density at radius 2 is 2.05 bits per heavy atom. The van der Waals surface area contributed by atoms with Gasteiger partial charge in [-0.3, -0.25) is 4.90 Å². The summed E-state index contributed by atoms with van der Waals surface area (Å²) in [7, 11) is 0. The van der Waals surface area contributed by atoms with E-state index in [0.717, 1.165) is 0 Å². The second-order valence-electron chi connectivity index (χ2n) is 4.13. The maximum Gasteiger partial charge on any atom is 0.486 e. The number of rotatable bonds is 2. The van der Waals surface area contributed by atoms with E-state index >= 15 is 0 Å². The molecule has 0 aliphatic carbocycles. The van der Waals surface area contributed by atoms with E-state index in [2.05, 4.69) is 0 Å². The quantitative estimate of drug-likeness (QED) is 0.841. The van der Waals surface area contributed by atoms with Crippen molar-refractivity contribution >= 4 is 11.7 Å². The lowest BCUT2D eigenvalue weighted by molar-refractivity contribution is -0.228. The molecular formula is C12H11F3N2O2. The van der Waals surface area contributed by atoms with Gasteiger partial charge in [0.2, 0.25) is 0 Å². The standard InChI is InChI=1S/C12H11F3N2O2/c1-8-6-16(7-17(8)12(13,14)15)10-4-2-3-9(5-10)11(18)19/h2-6H,7H2,1H3,(H,18,19). The minimum atomic E-state index is -4.44. The molecule has 0 unspecified atom stereocenters. The normalized spacial score (nSPS) is 15.7. The molecule has 1 aromatic rings. The summed E-state index contributed by atoms with van der Waals surface area (Å²) in [6.45, 7) is 0.979. The van der Waals surface area contributed by atoms with Crippen LogP contribution in [0.25, 0.3) is 0 Å². The molecular weight excluding hydrogens is 261 g/mol. The molecule has 4 nitrogen and oxygen atoms in total. The molecule has 0 radical (unpaired) electrons. The Hall–Kier alpha value is -2.18. The van der Waals surface area contributed by atoms with Gasteiger partial charge in [-0.1, -0.05) is 6.07 Å². The van der Waals surface area contributed by atoms with Crippen molar-refractivity contribution in [3.8, 4) is 0 Å². The van der Waals surface area contributed by atoms with Gasteiger partial charge in [0.25, 0.3) is 0 Å². The van der Waals surface area contributed by atoms with Crippen LogP contribution in [0.5, 0.6) is 0 Å². The molecule has 1 heterocycles. The third-order valence-corrected chi connectivity index (χ3v) is 2.79. The van der Waals surface area contributed by atoms with Crippen molar-refractivity contribution in [2.45, 2.75) is 13.2 Å². The molecule has 7 heteroatoms. The molecule has 0 bridgehead atoms. The van der Waals surface area contributed by atoms with Gasteiger partial charge in [0.1, 0.15) is 6.67 Å². The molecule has 0 saturated carbocycles. The number of hydrogen-bond donors (Lipinski definition) is 1. The number of hydrogen-bond acceptors (Lipinski definition) is 3. The van der Waals surface area contributed by atoms with Crippen LogP contribution >= 0.6 is 0 Å². The third kappa shape index (κ3) is 2.64. The Kier molecular flexibility index (Phi) is 3.13. The minimum Gasteiger partial charge on any atom is -0.478 e. The largest absolute Gasteiger partial charge is 0.486 e. The Balaban J connectivity index is 2.26. The van der Waals surface area contributed by atoms with Gasteiger partial charge in [0.15, 0.2) is 0 Å². The van der Waals surface area contributed by atoms with Gasteiger partial charge in [0, 0.05) is 17.6 Å². The molecule has 1 aromatic carbocycles. The highest BCUT2D eigenvalue weighted by Crippen LogP contribution is 2.32. The maximum atomic E-state index is 12.7. The number of halogens is 3. The fourth-order valence-corrected chi connectivity index (χ4v) is 1.85. The highest BCUT2D eigenvalue weighted by Gasteiger charge is 2.41. The van der Waals surface area contributed by atoms with Crippen molar-refractivity contribution in [3.05, 3.63) is 41.7 Å². The fraction of sp³-hybridized carbons (Fsp3) is 0.250. The molecule has 0 spiro atoms. The molecule has 19 heavy (non-hydrogen) atoms.